The van der Waals surface area contributed by atoms with E-state index < -0.39 is 9.74 Å². The van der Waals surface area contributed by atoms with Crippen molar-refractivity contribution in [3.05, 3.63) is 0 Å². The third-order valence-corrected chi connectivity index (χ3v) is 2.31. The minimum Gasteiger partial charge on any atom is -0.327 e. The van der Waals surface area contributed by atoms with Gasteiger partial charge in [-0.3, -0.25) is 0 Å². The molecule has 0 amide bonds. The van der Waals surface area contributed by atoms with Crippen LogP contribution in [0.5, 0.6) is 0 Å². The van der Waals surface area contributed by atoms with E-state index in [2.05, 4.69) is 18.1 Å². The molecule has 1 N–H and O–H groups in total. The summed E-state index contributed by atoms with van der Waals surface area (Å²) in [6.45, 7) is 2.17. The van der Waals surface area contributed by atoms with Gasteiger partial charge in [-0.05, 0) is 17.6 Å². The lowest BCUT2D eigenvalue weighted by Crippen LogP contribution is -1.92. The molecule has 3 heteroatoms. The van der Waals surface area contributed by atoms with E-state index in [0.29, 0.717) is 0 Å². The maximum absolute atomic E-state index is 8.69. The first-order chi connectivity index (χ1) is 4.27. The molecule has 0 saturated carbocycles. The molecule has 0 bridgehead atoms. The number of hydrogen-bond donors (Lipinski definition) is 1. The monoisotopic (exact) mass is 166 g/mol. The first-order valence-electron chi connectivity index (χ1n) is 3.35. The molecule has 0 spiro atoms. The topological polar surface area (TPSA) is 20.2 Å². The van der Waals surface area contributed by atoms with Gasteiger partial charge in [0.1, 0.15) is 0 Å². The van der Waals surface area contributed by atoms with Crippen LogP contribution in [-0.4, -0.2) is 10.3 Å². The first-order valence-corrected chi connectivity index (χ1v) is 5.62. The maximum atomic E-state index is 8.69. The van der Waals surface area contributed by atoms with Gasteiger partial charge in [0.25, 0.3) is 0 Å². The van der Waals surface area contributed by atoms with Crippen LogP contribution in [0.2, 0.25) is 0 Å². The zero-order valence-electron chi connectivity index (χ0n) is 5.80. The van der Waals surface area contributed by atoms with E-state index in [1.165, 1.54) is 19.3 Å². The Labute approximate surface area is 64.3 Å². The highest BCUT2D eigenvalue weighted by molar-refractivity contribution is 8.25. The van der Waals surface area contributed by atoms with E-state index in [4.69, 9.17) is 4.55 Å². The lowest BCUT2D eigenvalue weighted by atomic mass is 10.2. The fraction of sp³-hybridized carbons (Fsp3) is 1.00. The van der Waals surface area contributed by atoms with Gasteiger partial charge in [0.15, 0.2) is 0 Å². The average Bonchev–Trinajstić information content (AvgIpc) is 1.80. The molecule has 0 fully saturated rings. The summed E-state index contributed by atoms with van der Waals surface area (Å²) in [5.41, 5.74) is 0. The van der Waals surface area contributed by atoms with Gasteiger partial charge in [0.2, 0.25) is 0 Å². The highest BCUT2D eigenvalue weighted by atomic mass is 32.8. The van der Waals surface area contributed by atoms with E-state index in [1.807, 2.05) is 0 Å². The van der Waals surface area contributed by atoms with Crippen LogP contribution in [-0.2, 0) is 20.9 Å². The lowest BCUT2D eigenvalue weighted by Gasteiger charge is -1.95. The third-order valence-electron chi connectivity index (χ3n) is 1.17. The predicted molar refractivity (Wildman–Crippen MR) is 46.4 cm³/mol. The summed E-state index contributed by atoms with van der Waals surface area (Å²) < 4.78 is 8.69. The Hall–Kier alpha value is 0.530. The van der Waals surface area contributed by atoms with Gasteiger partial charge in [-0.15, -0.1) is 0 Å². The second kappa shape index (κ2) is 6.65. The van der Waals surface area contributed by atoms with Gasteiger partial charge in [0, 0.05) is 15.5 Å². The average molecular weight is 166 g/mol. The van der Waals surface area contributed by atoms with Crippen LogP contribution in [0.4, 0.5) is 0 Å². The largest absolute Gasteiger partial charge is 0.327 e. The van der Waals surface area contributed by atoms with Gasteiger partial charge >= 0.3 is 0 Å². The van der Waals surface area contributed by atoms with Crippen molar-refractivity contribution in [1.82, 2.24) is 0 Å². The van der Waals surface area contributed by atoms with Gasteiger partial charge in [0.05, 0.1) is 0 Å². The minimum atomic E-state index is -0.736. The van der Waals surface area contributed by atoms with Crippen molar-refractivity contribution in [3.8, 4) is 0 Å². The van der Waals surface area contributed by atoms with Crippen molar-refractivity contribution in [3.63, 3.8) is 0 Å². The van der Waals surface area contributed by atoms with Crippen LogP contribution in [0.1, 0.15) is 32.6 Å². The van der Waals surface area contributed by atoms with Crippen molar-refractivity contribution in [2.45, 2.75) is 32.6 Å². The van der Waals surface area contributed by atoms with Crippen LogP contribution in [0.25, 0.3) is 0 Å². The molecule has 0 heterocycles. The van der Waals surface area contributed by atoms with Gasteiger partial charge in [-0.1, -0.05) is 26.2 Å². The standard InChI is InChI=1S/C6H14OS2/c1-2-3-4-5-6-9(7)8/h2-6H2,1H3,(H,7,8). The third kappa shape index (κ3) is 8.53. The van der Waals surface area contributed by atoms with Crippen LogP contribution in [0, 0.1) is 0 Å². The molecule has 1 nitrogen and oxygen atoms in total. The van der Waals surface area contributed by atoms with Gasteiger partial charge in [-0.2, -0.15) is 0 Å². The molecule has 0 aliphatic heterocycles. The molecule has 0 rings (SSSR count). The molecule has 0 aromatic rings. The Balaban J connectivity index is 2.83. The fourth-order valence-corrected chi connectivity index (χ4v) is 1.46. The van der Waals surface area contributed by atoms with E-state index in [0.717, 1.165) is 12.2 Å². The van der Waals surface area contributed by atoms with Crippen LogP contribution < -0.4 is 0 Å². The smallest absolute Gasteiger partial charge is 0.0223 e. The van der Waals surface area contributed by atoms with E-state index >= 15 is 0 Å². The molecule has 9 heavy (non-hydrogen) atoms. The highest BCUT2D eigenvalue weighted by Crippen LogP contribution is 1.98. The predicted octanol–water partition coefficient (Wildman–Crippen LogP) is 2.12. The van der Waals surface area contributed by atoms with E-state index in [-0.39, 0.29) is 0 Å². The Morgan fingerprint density at radius 1 is 1.33 bits per heavy atom. The maximum Gasteiger partial charge on any atom is 0.0223 e. The summed E-state index contributed by atoms with van der Waals surface area (Å²) in [5.74, 6) is 0.815. The summed E-state index contributed by atoms with van der Waals surface area (Å²) in [5, 5.41) is 0. The minimum absolute atomic E-state index is 0.736. The van der Waals surface area contributed by atoms with Gasteiger partial charge in [-0.25, -0.2) is 0 Å². The van der Waals surface area contributed by atoms with Crippen LogP contribution in [0.3, 0.4) is 0 Å². The molecule has 1 unspecified atom stereocenters. The summed E-state index contributed by atoms with van der Waals surface area (Å²) in [4.78, 5) is 0. The molecule has 0 aliphatic carbocycles. The van der Waals surface area contributed by atoms with Crippen LogP contribution in [0.15, 0.2) is 0 Å². The van der Waals surface area contributed by atoms with Crippen molar-refractivity contribution in [2.75, 3.05) is 5.75 Å². The molecule has 0 saturated heterocycles. The molecular weight excluding hydrogens is 152 g/mol. The molecule has 0 aromatic heterocycles. The zero-order valence-corrected chi connectivity index (χ0v) is 7.43. The van der Waals surface area contributed by atoms with Gasteiger partial charge < -0.3 is 4.55 Å². The highest BCUT2D eigenvalue weighted by Gasteiger charge is 1.88. The molecule has 0 radical (unpaired) electrons. The molecule has 56 valence electrons. The second-order valence-electron chi connectivity index (χ2n) is 2.09. The van der Waals surface area contributed by atoms with E-state index in [9.17, 15) is 0 Å². The quantitative estimate of drug-likeness (QED) is 0.631. The zero-order chi connectivity index (χ0) is 7.11. The summed E-state index contributed by atoms with van der Waals surface area (Å²) in [6, 6.07) is 0. The lowest BCUT2D eigenvalue weighted by molar-refractivity contribution is 0.643. The Bertz CT molecular complexity index is 83.1. The first kappa shape index (κ1) is 9.53. The second-order valence-corrected chi connectivity index (χ2v) is 4.29. The van der Waals surface area contributed by atoms with E-state index in [1.54, 1.807) is 0 Å². The number of hydrogen-bond acceptors (Lipinski definition) is 1. The molecule has 1 atom stereocenters. The number of unbranched alkanes of at least 4 members (excludes halogenated alkanes) is 3. The Morgan fingerprint density at radius 2 is 2.00 bits per heavy atom. The summed E-state index contributed by atoms with van der Waals surface area (Å²) in [6.07, 6.45) is 4.83. The van der Waals surface area contributed by atoms with Crippen LogP contribution >= 0.6 is 0 Å². The normalized spacial score (nSPS) is 13.6. The van der Waals surface area contributed by atoms with Crippen molar-refractivity contribution in [1.29, 1.82) is 0 Å². The number of rotatable bonds is 5. The van der Waals surface area contributed by atoms with Crippen molar-refractivity contribution < 1.29 is 4.55 Å². The fourth-order valence-electron chi connectivity index (χ4n) is 0.652. The SMILES string of the molecule is CCCCCCS(O)=S. The molecule has 0 aliphatic rings. The van der Waals surface area contributed by atoms with Crippen molar-refractivity contribution >= 4 is 20.9 Å². The molecular formula is C6H14OS2. The Morgan fingerprint density at radius 3 is 2.44 bits per heavy atom. The summed E-state index contributed by atoms with van der Waals surface area (Å²) >= 11 is 4.61. The summed E-state index contributed by atoms with van der Waals surface area (Å²) in [7, 11) is -0.736. The van der Waals surface area contributed by atoms with Crippen molar-refractivity contribution in [2.24, 2.45) is 0 Å². The molecule has 0 aromatic carbocycles. The Kier molecular flexibility index (Phi) is 7.04.